The number of rotatable bonds is 18. The van der Waals surface area contributed by atoms with Crippen LogP contribution in [-0.2, 0) is 40.9 Å². The van der Waals surface area contributed by atoms with Gasteiger partial charge in [0.1, 0.15) is 0 Å². The zero-order valence-corrected chi connectivity index (χ0v) is 31.6. The maximum absolute atomic E-state index is 13.9. The molecule has 3 unspecified atom stereocenters. The summed E-state index contributed by atoms with van der Waals surface area (Å²) in [4.78, 5) is 27.4. The Balaban J connectivity index is 1.29. The predicted octanol–water partition coefficient (Wildman–Crippen LogP) is 5.78. The first-order chi connectivity index (χ1) is 26.0. The van der Waals surface area contributed by atoms with Crippen molar-refractivity contribution in [2.75, 3.05) is 24.2 Å². The van der Waals surface area contributed by atoms with Crippen LogP contribution in [0.25, 0.3) is 0 Å². The van der Waals surface area contributed by atoms with E-state index in [1.165, 1.54) is 25.2 Å². The molecule has 4 N–H and O–H groups in total. The van der Waals surface area contributed by atoms with Crippen molar-refractivity contribution >= 4 is 27.5 Å². The lowest BCUT2D eigenvalue weighted by Gasteiger charge is -2.26. The van der Waals surface area contributed by atoms with E-state index in [4.69, 9.17) is 4.74 Å². The number of nitrogens with one attached hydrogen (secondary N) is 3. The zero-order chi connectivity index (χ0) is 38.5. The summed E-state index contributed by atoms with van der Waals surface area (Å²) in [5.74, 6) is -1.03. The number of carbonyl (C=O) groups excluding carboxylic acids is 2. The van der Waals surface area contributed by atoms with Crippen LogP contribution in [0.4, 0.5) is 5.69 Å². The van der Waals surface area contributed by atoms with E-state index in [1.807, 2.05) is 116 Å². The Kier molecular flexibility index (Phi) is 14.1. The summed E-state index contributed by atoms with van der Waals surface area (Å²) in [7, 11) is -2.36. The highest BCUT2D eigenvalue weighted by atomic mass is 32.2. The maximum Gasteiger partial charge on any atom is 0.251 e. The molecule has 10 nitrogen and oxygen atoms in total. The molecule has 0 aliphatic carbocycles. The number of anilines is 1. The van der Waals surface area contributed by atoms with Gasteiger partial charge in [0.25, 0.3) is 11.8 Å². The first kappa shape index (κ1) is 39.9. The molecule has 5 rings (SSSR count). The molecule has 0 bridgehead atoms. The largest absolute Gasteiger partial charge is 0.390 e. The first-order valence-corrected chi connectivity index (χ1v) is 19.7. The Morgan fingerprint density at radius 2 is 1.24 bits per heavy atom. The average Bonchev–Trinajstić information content (AvgIpc) is 3.18. The number of sulfonamides is 1. The second kappa shape index (κ2) is 19.1. The first-order valence-electron chi connectivity index (χ1n) is 17.8. The summed E-state index contributed by atoms with van der Waals surface area (Å²) in [5, 5.41) is 20.7. The van der Waals surface area contributed by atoms with Crippen molar-refractivity contribution < 1.29 is 27.9 Å². The maximum atomic E-state index is 13.9. The van der Waals surface area contributed by atoms with Crippen LogP contribution in [0.15, 0.2) is 133 Å². The third-order valence-corrected chi connectivity index (χ3v) is 10.3. The second-order valence-corrected chi connectivity index (χ2v) is 15.4. The fourth-order valence-electron chi connectivity index (χ4n) is 5.95. The molecule has 0 aliphatic heterocycles. The molecule has 3 atom stereocenters. The number of carbonyl (C=O) groups is 2. The smallest absolute Gasteiger partial charge is 0.251 e. The van der Waals surface area contributed by atoms with Crippen LogP contribution in [-0.4, -0.2) is 57.3 Å². The molecule has 5 aromatic carbocycles. The van der Waals surface area contributed by atoms with Crippen LogP contribution >= 0.6 is 0 Å². The van der Waals surface area contributed by atoms with Gasteiger partial charge in [-0.2, -0.15) is 0 Å². The number of hydrogen-bond donors (Lipinski definition) is 4. The second-order valence-electron chi connectivity index (χ2n) is 13.4. The van der Waals surface area contributed by atoms with Gasteiger partial charge in [-0.05, 0) is 59.4 Å². The minimum absolute atomic E-state index is 0.0741. The topological polar surface area (TPSA) is 137 Å². The van der Waals surface area contributed by atoms with Crippen molar-refractivity contribution in [1.82, 2.24) is 16.0 Å². The van der Waals surface area contributed by atoms with Crippen molar-refractivity contribution in [3.8, 4) is 0 Å². The Hall–Kier alpha value is -5.33. The van der Waals surface area contributed by atoms with Crippen LogP contribution in [0, 0.1) is 0 Å². The van der Waals surface area contributed by atoms with Crippen LogP contribution in [0.3, 0.4) is 0 Å². The molecule has 0 saturated heterocycles. The minimum atomic E-state index is -3.72. The van der Waals surface area contributed by atoms with E-state index in [2.05, 4.69) is 22.0 Å². The summed E-state index contributed by atoms with van der Waals surface area (Å²) >= 11 is 0. The van der Waals surface area contributed by atoms with Crippen molar-refractivity contribution in [3.63, 3.8) is 0 Å². The van der Waals surface area contributed by atoms with E-state index in [-0.39, 0.29) is 29.4 Å². The molecule has 11 heteroatoms. The SMILES string of the molecule is CC(NC(=O)c1cc(C(=O)NC(Cc2ccccc2)C(O)CNCc2cccc(COCc3ccccc3)c2)cc(N(C)S(C)(=O)=O)c1)c1ccccc1. The van der Waals surface area contributed by atoms with Gasteiger partial charge in [-0.15, -0.1) is 0 Å². The standard InChI is InChI=1S/C43H48N4O6S/c1-31(36-20-11-6-12-21-36)45-42(49)37-24-38(26-39(25-37)47(2)54(3,51)52)43(50)46-40(23-32-14-7-4-8-15-32)41(48)28-44-27-34-18-13-19-35(22-34)30-53-29-33-16-9-5-10-17-33/h4-22,24-26,31,40-41,44,48H,23,27-30H2,1-3H3,(H,45,49)(H,46,50). The Labute approximate surface area is 318 Å². The normalized spacial score (nSPS) is 13.0. The highest BCUT2D eigenvalue weighted by Gasteiger charge is 2.25. The number of aliphatic hydroxyl groups excluding tert-OH is 1. The van der Waals surface area contributed by atoms with Crippen LogP contribution in [0.1, 0.15) is 61.5 Å². The van der Waals surface area contributed by atoms with Gasteiger partial charge in [-0.1, -0.05) is 115 Å². The molecule has 0 spiro atoms. The zero-order valence-electron chi connectivity index (χ0n) is 30.8. The van der Waals surface area contributed by atoms with Gasteiger partial charge in [0, 0.05) is 31.3 Å². The van der Waals surface area contributed by atoms with E-state index in [9.17, 15) is 23.1 Å². The number of benzene rings is 5. The third-order valence-electron chi connectivity index (χ3n) is 9.08. The number of ether oxygens (including phenoxy) is 1. The van der Waals surface area contributed by atoms with Gasteiger partial charge in [-0.25, -0.2) is 8.42 Å². The summed E-state index contributed by atoms with van der Waals surface area (Å²) < 4.78 is 32.0. The molecule has 0 aliphatic rings. The van der Waals surface area contributed by atoms with E-state index in [0.29, 0.717) is 26.2 Å². The monoisotopic (exact) mass is 748 g/mol. The van der Waals surface area contributed by atoms with Crippen LogP contribution in [0.5, 0.6) is 0 Å². The van der Waals surface area contributed by atoms with Crippen LogP contribution < -0.4 is 20.3 Å². The van der Waals surface area contributed by atoms with Gasteiger partial charge in [0.15, 0.2) is 0 Å². The van der Waals surface area contributed by atoms with Crippen molar-refractivity contribution in [2.24, 2.45) is 0 Å². The highest BCUT2D eigenvalue weighted by molar-refractivity contribution is 7.92. The Morgan fingerprint density at radius 1 is 0.704 bits per heavy atom. The number of nitrogens with zero attached hydrogens (tertiary/aromatic N) is 1. The summed E-state index contributed by atoms with van der Waals surface area (Å²) in [6, 6.07) is 40.2. The number of hydrogen-bond acceptors (Lipinski definition) is 7. The molecule has 2 amide bonds. The van der Waals surface area contributed by atoms with Crippen LogP contribution in [0.2, 0.25) is 0 Å². The quantitative estimate of drug-likeness (QED) is 0.0892. The summed E-state index contributed by atoms with van der Waals surface area (Å²) in [6.07, 6.45) is 0.379. The fraction of sp³-hybridized carbons (Fsp3) is 0.256. The van der Waals surface area contributed by atoms with E-state index >= 15 is 0 Å². The van der Waals surface area contributed by atoms with Gasteiger partial charge in [0.2, 0.25) is 10.0 Å². The molecule has 0 radical (unpaired) electrons. The average molecular weight is 749 g/mol. The molecule has 0 saturated carbocycles. The predicted molar refractivity (Wildman–Crippen MR) is 213 cm³/mol. The summed E-state index contributed by atoms with van der Waals surface area (Å²) in [6.45, 7) is 3.48. The lowest BCUT2D eigenvalue weighted by molar-refractivity contribution is 0.0830. The molecular formula is C43H48N4O6S. The van der Waals surface area contributed by atoms with Gasteiger partial charge < -0.3 is 25.8 Å². The molecule has 282 valence electrons. The van der Waals surface area contributed by atoms with Crippen molar-refractivity contribution in [1.29, 1.82) is 0 Å². The van der Waals surface area contributed by atoms with E-state index in [1.54, 1.807) is 0 Å². The number of amides is 2. The Morgan fingerprint density at radius 3 is 1.87 bits per heavy atom. The van der Waals surface area contributed by atoms with Gasteiger partial charge in [0.05, 0.1) is 43.3 Å². The lowest BCUT2D eigenvalue weighted by Crippen LogP contribution is -2.48. The van der Waals surface area contributed by atoms with Crippen molar-refractivity contribution in [3.05, 3.63) is 172 Å². The molecular weight excluding hydrogens is 701 g/mol. The van der Waals surface area contributed by atoms with E-state index in [0.717, 1.165) is 38.4 Å². The molecule has 0 fully saturated rings. The molecule has 0 aromatic heterocycles. The molecule has 5 aromatic rings. The molecule has 0 heterocycles. The Bertz CT molecular complexity index is 2080. The van der Waals surface area contributed by atoms with Gasteiger partial charge in [-0.3, -0.25) is 13.9 Å². The van der Waals surface area contributed by atoms with E-state index < -0.39 is 34.0 Å². The lowest BCUT2D eigenvalue weighted by atomic mass is 9.99. The summed E-state index contributed by atoms with van der Waals surface area (Å²) in [5.41, 5.74) is 5.30. The van der Waals surface area contributed by atoms with Crippen molar-refractivity contribution in [2.45, 2.75) is 51.3 Å². The third kappa shape index (κ3) is 11.8. The molecule has 54 heavy (non-hydrogen) atoms. The fourth-order valence-corrected chi connectivity index (χ4v) is 6.44. The minimum Gasteiger partial charge on any atom is -0.390 e. The van der Waals surface area contributed by atoms with Gasteiger partial charge >= 0.3 is 0 Å². The number of aliphatic hydroxyl groups is 1. The highest BCUT2D eigenvalue weighted by Crippen LogP contribution is 2.22.